The zero-order valence-corrected chi connectivity index (χ0v) is 43.0. The number of unbranched alkanes of at least 4 members (excludes halogenated alkanes) is 2. The Balaban J connectivity index is 0.751. The van der Waals surface area contributed by atoms with Gasteiger partial charge in [0.2, 0.25) is 23.6 Å². The summed E-state index contributed by atoms with van der Waals surface area (Å²) in [7, 11) is 0. The number of nitrogens with one attached hydrogen (secondary N) is 5. The first-order valence-corrected chi connectivity index (χ1v) is 26.0. The van der Waals surface area contributed by atoms with Crippen LogP contribution in [0.4, 0.5) is 4.39 Å². The van der Waals surface area contributed by atoms with Crippen molar-refractivity contribution in [3.8, 4) is 11.4 Å². The van der Waals surface area contributed by atoms with Crippen LogP contribution < -0.4 is 32.1 Å². The van der Waals surface area contributed by atoms with Crippen LogP contribution in [0.1, 0.15) is 103 Å². The maximum atomic E-state index is 15.5. The van der Waals surface area contributed by atoms with E-state index in [1.54, 1.807) is 50.2 Å². The average molecular weight is 1080 g/mol. The number of rotatable bonds is 22. The maximum absolute atomic E-state index is 15.5. The number of aromatic nitrogens is 2. The number of carbonyl (C=O) groups excluding carboxylic acids is 9. The number of fused-ring (bicyclic) bond motifs is 5. The first kappa shape index (κ1) is 54.6. The van der Waals surface area contributed by atoms with Gasteiger partial charge in [0.15, 0.2) is 12.2 Å². The van der Waals surface area contributed by atoms with Gasteiger partial charge in [-0.1, -0.05) is 43.7 Å². The van der Waals surface area contributed by atoms with Crippen LogP contribution in [0.25, 0.3) is 22.3 Å². The minimum Gasteiger partial charge on any atom is -0.458 e. The van der Waals surface area contributed by atoms with Crippen LogP contribution in [-0.4, -0.2) is 118 Å². The summed E-state index contributed by atoms with van der Waals surface area (Å²) >= 11 is 0. The number of amides is 7. The number of imide groups is 1. The molecule has 0 bridgehead atoms. The Morgan fingerprint density at radius 3 is 2.40 bits per heavy atom. The molecule has 0 spiro atoms. The quantitative estimate of drug-likeness (QED) is 0.0248. The van der Waals surface area contributed by atoms with Crippen molar-refractivity contribution >= 4 is 64.2 Å². The van der Waals surface area contributed by atoms with E-state index in [-0.39, 0.29) is 74.5 Å². The number of carbonyl (C=O) groups is 9. The van der Waals surface area contributed by atoms with Gasteiger partial charge in [-0.2, -0.15) is 0 Å². The topological polar surface area (TPSA) is 300 Å². The molecule has 3 aliphatic heterocycles. The van der Waals surface area contributed by atoms with Crippen LogP contribution in [0, 0.1) is 18.7 Å². The first-order chi connectivity index (χ1) is 37.4. The third kappa shape index (κ3) is 11.3. The Morgan fingerprint density at radius 2 is 1.67 bits per heavy atom. The Bertz CT molecular complexity index is 3220. The lowest BCUT2D eigenvalue weighted by Crippen LogP contribution is -2.51. The number of hydrogen-bond donors (Lipinski definition) is 6. The van der Waals surface area contributed by atoms with Gasteiger partial charge in [-0.25, -0.2) is 14.2 Å². The Morgan fingerprint density at radius 1 is 0.897 bits per heavy atom. The summed E-state index contributed by atoms with van der Waals surface area (Å²) in [6.45, 7) is 1.26. The number of aliphatic hydroxyl groups is 1. The van der Waals surface area contributed by atoms with Crippen LogP contribution in [0.2, 0.25) is 0 Å². The fourth-order valence-corrected chi connectivity index (χ4v) is 10.7. The number of pyridine rings is 2. The van der Waals surface area contributed by atoms with Gasteiger partial charge in [0.1, 0.15) is 31.7 Å². The highest BCUT2D eigenvalue weighted by Crippen LogP contribution is 2.46. The van der Waals surface area contributed by atoms with Gasteiger partial charge in [0.25, 0.3) is 23.3 Å². The molecule has 5 heterocycles. The summed E-state index contributed by atoms with van der Waals surface area (Å²) in [6, 6.07) is 9.93. The molecule has 23 heteroatoms. The van der Waals surface area contributed by atoms with Crippen LogP contribution >= 0.6 is 0 Å². The molecule has 0 radical (unpaired) electrons. The molecule has 5 aliphatic rings. The van der Waals surface area contributed by atoms with Crippen LogP contribution in [0.3, 0.4) is 0 Å². The number of benzene rings is 2. The fraction of sp³-hybridized carbons (Fsp3) is 0.436. The minimum atomic E-state index is -2.04. The van der Waals surface area contributed by atoms with Crippen LogP contribution in [0.15, 0.2) is 59.4 Å². The SMILES string of the molecule is CC[C@@]1(O)C(=O)OCc2c1cc1n(c2=O)Cc2c-1nc1cc(F)c(C)c3c1c2C(NC(=O)C1CCC1OCNC(=O)CNC(=O)[C@H](Cc1ccccc1)NC(=O)COC(=O)CNC(=O)CCCCCN1C(=O)C=CC1=O)CC3. The van der Waals surface area contributed by atoms with Crippen molar-refractivity contribution in [2.45, 2.75) is 115 Å². The van der Waals surface area contributed by atoms with Gasteiger partial charge in [0.05, 0.1) is 53.6 Å². The second-order valence-corrected chi connectivity index (χ2v) is 20.0. The second kappa shape index (κ2) is 23.2. The molecule has 2 aliphatic carbocycles. The highest BCUT2D eigenvalue weighted by atomic mass is 19.1. The zero-order valence-electron chi connectivity index (χ0n) is 43.0. The molecule has 4 aromatic rings. The number of hydrogen-bond acceptors (Lipinski definition) is 15. The highest BCUT2D eigenvalue weighted by Gasteiger charge is 2.46. The summed E-state index contributed by atoms with van der Waals surface area (Å²) < 4.78 is 33.2. The zero-order chi connectivity index (χ0) is 55.4. The van der Waals surface area contributed by atoms with E-state index in [2.05, 4.69) is 26.6 Å². The van der Waals surface area contributed by atoms with E-state index >= 15 is 4.39 Å². The summed E-state index contributed by atoms with van der Waals surface area (Å²) in [4.78, 5) is 134. The predicted octanol–water partition coefficient (Wildman–Crippen LogP) is 1.49. The largest absolute Gasteiger partial charge is 0.458 e. The molecule has 3 unspecified atom stereocenters. The monoisotopic (exact) mass is 1070 g/mol. The Kier molecular flexibility index (Phi) is 16.2. The molecule has 9 rings (SSSR count). The van der Waals surface area contributed by atoms with E-state index in [0.717, 1.165) is 10.5 Å². The molecule has 22 nitrogen and oxygen atoms in total. The molecule has 5 atom stereocenters. The van der Waals surface area contributed by atoms with Gasteiger partial charge in [-0.15, -0.1) is 0 Å². The molecular weight excluding hydrogens is 1020 g/mol. The third-order valence-corrected chi connectivity index (χ3v) is 15.1. The van der Waals surface area contributed by atoms with E-state index in [9.17, 15) is 53.1 Å². The number of aryl methyl sites for hydroxylation is 1. The summed E-state index contributed by atoms with van der Waals surface area (Å²) in [5.41, 5.74) is 2.14. The molecule has 2 aromatic heterocycles. The lowest BCUT2D eigenvalue weighted by molar-refractivity contribution is -0.172. The van der Waals surface area contributed by atoms with Crippen molar-refractivity contribution in [3.05, 3.63) is 110 Å². The minimum absolute atomic E-state index is 0.0263. The first-order valence-electron chi connectivity index (χ1n) is 26.0. The lowest BCUT2D eigenvalue weighted by Gasteiger charge is -2.37. The molecule has 1 fully saturated rings. The van der Waals surface area contributed by atoms with Crippen molar-refractivity contribution in [1.82, 2.24) is 41.0 Å². The molecule has 7 amide bonds. The van der Waals surface area contributed by atoms with E-state index in [1.807, 2.05) is 0 Å². The van der Waals surface area contributed by atoms with E-state index in [1.165, 1.54) is 22.8 Å². The highest BCUT2D eigenvalue weighted by molar-refractivity contribution is 6.12. The number of esters is 2. The Labute approximate surface area is 445 Å². The van der Waals surface area contributed by atoms with Crippen LogP contribution in [-0.2, 0) is 89.0 Å². The van der Waals surface area contributed by atoms with Crippen LogP contribution in [0.5, 0.6) is 0 Å². The van der Waals surface area contributed by atoms with E-state index in [4.69, 9.17) is 19.2 Å². The molecule has 6 N–H and O–H groups in total. The summed E-state index contributed by atoms with van der Waals surface area (Å²) in [6.07, 6.45) is 5.29. The van der Waals surface area contributed by atoms with Crippen molar-refractivity contribution < 1.29 is 66.9 Å². The average Bonchev–Trinajstić information content (AvgIpc) is 3.97. The number of cyclic esters (lactones) is 1. The van der Waals surface area contributed by atoms with Crippen molar-refractivity contribution in [2.75, 3.05) is 33.0 Å². The van der Waals surface area contributed by atoms with Gasteiger partial charge < -0.3 is 50.5 Å². The fourth-order valence-electron chi connectivity index (χ4n) is 10.7. The summed E-state index contributed by atoms with van der Waals surface area (Å²) in [5.74, 6) is -6.43. The smallest absolute Gasteiger partial charge is 0.343 e. The molecule has 2 aromatic carbocycles. The molecular formula is C55H59FN8O14. The number of nitrogens with zero attached hydrogens (tertiary/aromatic N) is 3. The van der Waals surface area contributed by atoms with Gasteiger partial charge in [-0.3, -0.25) is 48.1 Å². The van der Waals surface area contributed by atoms with E-state index < -0.39 is 96.3 Å². The van der Waals surface area contributed by atoms with Crippen molar-refractivity contribution in [2.24, 2.45) is 5.92 Å². The van der Waals surface area contributed by atoms with Crippen molar-refractivity contribution in [1.29, 1.82) is 0 Å². The standard InChI is InChI=1S/C55H59FN8O14/c1-3-55(75)35-21-40-50-33(25-64(40)53(73)34(35)26-77-54(55)74)49-37(15-13-31-29(2)36(56)22-38(61-50)48(31)49)62-51(71)32-14-16-41(32)78-28-59-43(66)23-58-52(72)39(20-30-10-6-4-7-11-30)60-44(67)27-76-47(70)24-57-42(65)12-8-5-9-19-63-45(68)17-18-46(63)69/h4,6-7,10-11,17-18,21-22,32,37,39,41,75H,3,5,8-9,12-16,19-20,23-28H2,1-2H3,(H,57,65)(H,58,72)(H,59,66)(H,60,67)(H,62,71)/t32?,37?,39-,41?,55-/m0/s1. The Hall–Kier alpha value is -8.18. The predicted molar refractivity (Wildman–Crippen MR) is 272 cm³/mol. The third-order valence-electron chi connectivity index (χ3n) is 15.1. The second-order valence-electron chi connectivity index (χ2n) is 20.0. The summed E-state index contributed by atoms with van der Waals surface area (Å²) in [5, 5.41) is 25.3. The number of halogens is 1. The van der Waals surface area contributed by atoms with Gasteiger partial charge in [0, 0.05) is 54.1 Å². The molecule has 0 saturated heterocycles. The molecule has 410 valence electrons. The van der Waals surface area contributed by atoms with Crippen molar-refractivity contribution in [3.63, 3.8) is 0 Å². The molecule has 78 heavy (non-hydrogen) atoms. The molecule has 1 saturated carbocycles. The van der Waals surface area contributed by atoms with Gasteiger partial charge >= 0.3 is 11.9 Å². The van der Waals surface area contributed by atoms with Gasteiger partial charge in [-0.05, 0) is 80.2 Å². The lowest BCUT2D eigenvalue weighted by atomic mass is 9.79. The maximum Gasteiger partial charge on any atom is 0.343 e. The van der Waals surface area contributed by atoms with E-state index in [0.29, 0.717) is 89.5 Å². The normalized spacial score (nSPS) is 19.9. The number of ether oxygens (including phenoxy) is 3.